The van der Waals surface area contributed by atoms with E-state index in [0.29, 0.717) is 85.8 Å². The number of nitrogens with zero attached hydrogens (tertiary/aromatic N) is 12. The van der Waals surface area contributed by atoms with Crippen LogP contribution < -0.4 is 15.5 Å². The number of anilines is 3. The van der Waals surface area contributed by atoms with Crippen molar-refractivity contribution in [3.8, 4) is 5.69 Å². The summed E-state index contributed by atoms with van der Waals surface area (Å²) in [6.45, 7) is 16.5. The van der Waals surface area contributed by atoms with E-state index in [1.54, 1.807) is 12.4 Å². The van der Waals surface area contributed by atoms with Crippen LogP contribution in [0.25, 0.3) is 5.69 Å². The van der Waals surface area contributed by atoms with Crippen molar-refractivity contribution in [2.45, 2.75) is 188 Å². The number of carboxylic acid groups (broad SMARTS) is 1. The number of likely N-dealkylation sites (tertiary alicyclic amines) is 2. The van der Waals surface area contributed by atoms with Crippen LogP contribution in [0.2, 0.25) is 10.0 Å². The molecule has 2 aliphatic rings. The molecule has 2 aromatic carbocycles. The fourth-order valence-corrected chi connectivity index (χ4v) is 10.4. The number of hydrogen-bond acceptors (Lipinski definition) is 15. The highest BCUT2D eigenvalue weighted by Crippen LogP contribution is 2.38. The Balaban J connectivity index is 0.000000277. The Morgan fingerprint density at radius 2 is 1.00 bits per heavy atom. The second kappa shape index (κ2) is 28.6. The second-order valence-corrected chi connectivity index (χ2v) is 20.8. The maximum absolute atomic E-state index is 13.6. The molecule has 2 amide bonds. The summed E-state index contributed by atoms with van der Waals surface area (Å²) in [5.41, 5.74) is 5.81. The maximum atomic E-state index is 13.6. The molecule has 0 saturated carbocycles. The van der Waals surface area contributed by atoms with Crippen molar-refractivity contribution in [1.29, 1.82) is 0 Å². The van der Waals surface area contributed by atoms with Gasteiger partial charge in [0.2, 0.25) is 11.9 Å². The number of rotatable bonds is 15. The number of benzene rings is 2. The van der Waals surface area contributed by atoms with Gasteiger partial charge in [0.05, 0.1) is 53.8 Å². The second-order valence-electron chi connectivity index (χ2n) is 20.0. The van der Waals surface area contributed by atoms with E-state index < -0.39 is 29.4 Å². The molecule has 2 fully saturated rings. The lowest BCUT2D eigenvalue weighted by Crippen LogP contribution is -2.57. The summed E-state index contributed by atoms with van der Waals surface area (Å²) >= 11 is 12.2. The number of hydrogen-bond donors (Lipinski definition) is 2. The van der Waals surface area contributed by atoms with Gasteiger partial charge in [-0.2, -0.15) is 31.0 Å². The van der Waals surface area contributed by atoms with Crippen LogP contribution in [-0.2, 0) is 39.7 Å². The molecule has 5 heterocycles. The lowest BCUT2D eigenvalue weighted by Gasteiger charge is -2.47. The maximum Gasteiger partial charge on any atom is 0.416 e. The van der Waals surface area contributed by atoms with E-state index >= 15 is 0 Å². The monoisotopic (exact) mass is 1170 g/mol. The number of ether oxygens (including phenoxy) is 2. The summed E-state index contributed by atoms with van der Waals surface area (Å²) in [5, 5.41) is 18.5. The van der Waals surface area contributed by atoms with Crippen LogP contribution in [0.3, 0.4) is 0 Å². The number of aromatic nitrogens is 8. The molecule has 3 aromatic heterocycles. The normalized spacial score (nSPS) is 19.3. The molecule has 7 rings (SSSR count). The lowest BCUT2D eigenvalue weighted by atomic mass is 9.87. The molecule has 2 saturated heterocycles. The molecule has 3 N–H and O–H groups in total. The first-order chi connectivity index (χ1) is 37.6. The van der Waals surface area contributed by atoms with Gasteiger partial charge in [0.1, 0.15) is 12.0 Å². The van der Waals surface area contributed by atoms with E-state index in [9.17, 15) is 35.9 Å². The van der Waals surface area contributed by atoms with Crippen LogP contribution in [0.4, 0.5) is 53.5 Å². The van der Waals surface area contributed by atoms with E-state index in [-0.39, 0.29) is 83.8 Å². The quantitative estimate of drug-likeness (QED) is 0.0930. The van der Waals surface area contributed by atoms with Crippen molar-refractivity contribution in [3.63, 3.8) is 0 Å². The number of halogens is 8. The molecule has 0 aliphatic carbocycles. The number of nitrogens with two attached hydrogens (primary N) is 1. The van der Waals surface area contributed by atoms with E-state index in [1.807, 2.05) is 75.0 Å². The highest BCUT2D eigenvalue weighted by molar-refractivity contribution is 6.31. The topological polar surface area (TPSA) is 224 Å². The van der Waals surface area contributed by atoms with Gasteiger partial charge < -0.3 is 39.9 Å². The first kappa shape index (κ1) is 64.1. The highest BCUT2D eigenvalue weighted by atomic mass is 35.5. The number of tetrazole rings is 1. The van der Waals surface area contributed by atoms with Gasteiger partial charge in [-0.1, -0.05) is 50.9 Å². The molecule has 5 aromatic rings. The smallest absolute Gasteiger partial charge is 0.416 e. The summed E-state index contributed by atoms with van der Waals surface area (Å²) in [4.78, 5) is 60.2. The molecule has 0 spiro atoms. The fourth-order valence-electron chi connectivity index (χ4n) is 9.85. The molecule has 0 radical (unpaired) electrons. The molecule has 19 nitrogen and oxygen atoms in total. The number of carbonyl (C=O) groups is 3. The third kappa shape index (κ3) is 17.9. The number of aliphatic carboxylic acids is 1. The lowest BCUT2D eigenvalue weighted by molar-refractivity contribution is -0.138. The van der Waals surface area contributed by atoms with Crippen molar-refractivity contribution in [2.75, 3.05) is 15.5 Å². The molecular weight excluding hydrogens is 1100 g/mol. The predicted octanol–water partition coefficient (Wildman–Crippen LogP) is 12.1. The molecule has 0 bridgehead atoms. The van der Waals surface area contributed by atoms with Gasteiger partial charge in [0.25, 0.3) is 5.97 Å². The van der Waals surface area contributed by atoms with Gasteiger partial charge in [-0.05, 0) is 137 Å². The summed E-state index contributed by atoms with van der Waals surface area (Å²) < 4.78 is 93.6. The number of carboxylic acids is 1. The minimum absolute atomic E-state index is 0.00196. The highest BCUT2D eigenvalue weighted by Gasteiger charge is 2.43. The summed E-state index contributed by atoms with van der Waals surface area (Å²) in [6, 6.07) is 6.24. The van der Waals surface area contributed by atoms with Crippen molar-refractivity contribution < 1.29 is 55.3 Å². The Bertz CT molecular complexity index is 2750. The summed E-state index contributed by atoms with van der Waals surface area (Å²) in [5.74, 6) is -0.149. The average molecular weight is 1170 g/mol. The zero-order valence-electron chi connectivity index (χ0n) is 46.0. The van der Waals surface area contributed by atoms with Crippen LogP contribution >= 0.6 is 23.2 Å². The van der Waals surface area contributed by atoms with Crippen LogP contribution in [0.15, 0.2) is 67.5 Å². The molecule has 438 valence electrons. The standard InChI is InChI=1S/C26H32ClF3N8O2.C25H33ClF3N5O2.C2H4O2/c1-5-20-10-22(11-21(6-2)38(20)25(39)40-16(3)4)36(14-17-7-18(26(28,29)30)9-19(27)8-17)24-31-12-23(13-32-24)37-15-33-34-35-37;1-5-20-10-22(11-21(6-2)34(20)24(35)36-15(3)4)33(23-31-12-19(30)13-32-23)14-16-7-17(25(27,28)29)9-18(26)8-16;1-2(3)4/h7-9,12-13,15-16,20-22H,5-6,10-11,14H2,1-4H3;7-9,12-13,15,20-22H,5-6,10-11,14,30H2,1-4H3;1H3,(H,3,4)/t2*20-,21+,22?;. The third-order valence-electron chi connectivity index (χ3n) is 13.3. The van der Waals surface area contributed by atoms with Crippen molar-refractivity contribution in [2.24, 2.45) is 0 Å². The van der Waals surface area contributed by atoms with E-state index in [4.69, 9.17) is 48.3 Å². The molecule has 27 heteroatoms. The summed E-state index contributed by atoms with van der Waals surface area (Å²) in [6.07, 6.45) is 2.24. The van der Waals surface area contributed by atoms with Crippen LogP contribution in [0.5, 0.6) is 0 Å². The SMILES string of the molecule is CC(=O)O.CC[C@@H]1CC(N(Cc2cc(Cl)cc(C(F)(F)F)c2)c2ncc(-n3cnnn3)cn2)C[C@H](CC)N1C(=O)OC(C)C.CC[C@@H]1CC(N(Cc2cc(Cl)cc(C(F)(F)F)c2)c2ncc(N)cn2)C[C@H](CC)N1C(=O)OC(C)C. The van der Waals surface area contributed by atoms with Crippen LogP contribution in [0, 0.1) is 0 Å². The Labute approximate surface area is 471 Å². The fraction of sp³-hybridized carbons (Fsp3) is 0.547. The zero-order chi connectivity index (χ0) is 59.2. The number of alkyl halides is 6. The van der Waals surface area contributed by atoms with Crippen LogP contribution in [0.1, 0.15) is 136 Å². The summed E-state index contributed by atoms with van der Waals surface area (Å²) in [7, 11) is 0. The predicted molar refractivity (Wildman–Crippen MR) is 289 cm³/mol. The minimum Gasteiger partial charge on any atom is -0.481 e. The zero-order valence-corrected chi connectivity index (χ0v) is 47.5. The van der Waals surface area contributed by atoms with Gasteiger partial charge >= 0.3 is 24.5 Å². The number of amides is 2. The first-order valence-corrected chi connectivity index (χ1v) is 27.0. The van der Waals surface area contributed by atoms with E-state index in [1.165, 1.54) is 35.5 Å². The number of carbonyl (C=O) groups excluding carboxylic acids is 2. The Morgan fingerprint density at radius 3 is 1.30 bits per heavy atom. The molecule has 80 heavy (non-hydrogen) atoms. The van der Waals surface area contributed by atoms with E-state index in [2.05, 4.69) is 35.5 Å². The van der Waals surface area contributed by atoms with E-state index in [0.717, 1.165) is 31.2 Å². The third-order valence-corrected chi connectivity index (χ3v) is 13.7. The first-order valence-electron chi connectivity index (χ1n) is 26.2. The van der Waals surface area contributed by atoms with Crippen molar-refractivity contribution in [1.82, 2.24) is 49.9 Å². The van der Waals surface area contributed by atoms with Gasteiger partial charge in [0, 0.05) is 66.3 Å². The Kier molecular flexibility index (Phi) is 22.9. The van der Waals surface area contributed by atoms with Crippen molar-refractivity contribution >= 4 is 58.9 Å². The van der Waals surface area contributed by atoms with Gasteiger partial charge in [-0.25, -0.2) is 29.5 Å². The molecule has 6 atom stereocenters. The Morgan fingerprint density at radius 1 is 0.650 bits per heavy atom. The largest absolute Gasteiger partial charge is 0.481 e. The van der Waals surface area contributed by atoms with Crippen LogP contribution in [-0.4, -0.2) is 122 Å². The number of piperidine rings is 2. The minimum atomic E-state index is -4.54. The molecule has 2 unspecified atom stereocenters. The Hall–Kier alpha value is -6.76. The number of nitrogen functional groups attached to an aromatic ring is 1. The average Bonchev–Trinajstić information content (AvgIpc) is 3.93. The molecular formula is C53H69Cl2F6N13O6. The van der Waals surface area contributed by atoms with Gasteiger partial charge in [-0.3, -0.25) is 4.79 Å². The van der Waals surface area contributed by atoms with Gasteiger partial charge in [-0.15, -0.1) is 5.10 Å². The van der Waals surface area contributed by atoms with Gasteiger partial charge in [0.15, 0.2) is 0 Å². The molecule has 2 aliphatic heterocycles. The van der Waals surface area contributed by atoms with Crippen molar-refractivity contribution in [3.05, 3.63) is 99.8 Å².